The van der Waals surface area contributed by atoms with Gasteiger partial charge in [0, 0.05) is 35.4 Å². The van der Waals surface area contributed by atoms with E-state index in [2.05, 4.69) is 34.5 Å². The van der Waals surface area contributed by atoms with Crippen molar-refractivity contribution in [3.05, 3.63) is 59.0 Å². The first-order valence-electron chi connectivity index (χ1n) is 13.2. The van der Waals surface area contributed by atoms with Crippen molar-refractivity contribution in [3.8, 4) is 0 Å². The van der Waals surface area contributed by atoms with E-state index in [0.717, 1.165) is 67.3 Å². The fourth-order valence-electron chi connectivity index (χ4n) is 6.72. The van der Waals surface area contributed by atoms with E-state index >= 15 is 0 Å². The SMILES string of the molecule is O=c1ccc2cnc(N(c3ccccc3)C3CCNCC3)nc2n1C1CCC2CCCCC2C1. The van der Waals surface area contributed by atoms with Crippen molar-refractivity contribution in [2.45, 2.75) is 69.9 Å². The molecule has 1 aliphatic heterocycles. The van der Waals surface area contributed by atoms with Gasteiger partial charge in [-0.25, -0.2) is 4.98 Å². The highest BCUT2D eigenvalue weighted by Gasteiger charge is 2.34. The highest BCUT2D eigenvalue weighted by atomic mass is 16.1. The third kappa shape index (κ3) is 4.13. The van der Waals surface area contributed by atoms with Gasteiger partial charge in [-0.3, -0.25) is 9.36 Å². The van der Waals surface area contributed by atoms with E-state index in [1.807, 2.05) is 22.9 Å². The molecule has 1 N–H and O–H groups in total. The van der Waals surface area contributed by atoms with Crippen molar-refractivity contribution >= 4 is 22.7 Å². The lowest BCUT2D eigenvalue weighted by Crippen LogP contribution is -2.41. The molecule has 3 aliphatic rings. The summed E-state index contributed by atoms with van der Waals surface area (Å²) in [5.41, 5.74) is 1.98. The van der Waals surface area contributed by atoms with Gasteiger partial charge in [0.2, 0.25) is 5.95 Å². The van der Waals surface area contributed by atoms with E-state index in [4.69, 9.17) is 9.97 Å². The third-order valence-electron chi connectivity index (χ3n) is 8.46. The van der Waals surface area contributed by atoms with Gasteiger partial charge in [0.15, 0.2) is 0 Å². The number of benzene rings is 1. The van der Waals surface area contributed by atoms with Crippen LogP contribution in [0.2, 0.25) is 0 Å². The van der Waals surface area contributed by atoms with Crippen LogP contribution in [0.4, 0.5) is 11.6 Å². The van der Waals surface area contributed by atoms with Crippen LogP contribution < -0.4 is 15.8 Å². The number of nitrogens with zero attached hydrogens (tertiary/aromatic N) is 4. The van der Waals surface area contributed by atoms with Crippen molar-refractivity contribution in [3.63, 3.8) is 0 Å². The van der Waals surface area contributed by atoms with Crippen LogP contribution in [0.3, 0.4) is 0 Å². The minimum atomic E-state index is 0.0736. The molecule has 34 heavy (non-hydrogen) atoms. The molecule has 6 rings (SSSR count). The minimum Gasteiger partial charge on any atom is -0.317 e. The zero-order valence-corrected chi connectivity index (χ0v) is 19.9. The van der Waals surface area contributed by atoms with E-state index in [9.17, 15) is 4.79 Å². The molecule has 3 heterocycles. The molecular weight excluding hydrogens is 422 g/mol. The Morgan fingerprint density at radius 3 is 2.50 bits per heavy atom. The molecule has 178 valence electrons. The predicted octanol–water partition coefficient (Wildman–Crippen LogP) is 5.21. The number of hydrogen-bond acceptors (Lipinski definition) is 5. The van der Waals surface area contributed by atoms with Gasteiger partial charge in [-0.05, 0) is 75.2 Å². The molecule has 6 heteroatoms. The summed E-state index contributed by atoms with van der Waals surface area (Å²) < 4.78 is 2.01. The molecule has 1 saturated heterocycles. The monoisotopic (exact) mass is 457 g/mol. The summed E-state index contributed by atoms with van der Waals surface area (Å²) in [6.07, 6.45) is 12.8. The number of fused-ring (bicyclic) bond motifs is 2. The zero-order valence-electron chi connectivity index (χ0n) is 19.9. The van der Waals surface area contributed by atoms with E-state index in [0.29, 0.717) is 12.0 Å². The Balaban J connectivity index is 1.42. The molecule has 0 amide bonds. The van der Waals surface area contributed by atoms with E-state index < -0.39 is 0 Å². The van der Waals surface area contributed by atoms with Crippen molar-refractivity contribution in [2.24, 2.45) is 11.8 Å². The lowest BCUT2D eigenvalue weighted by atomic mass is 9.69. The Bertz CT molecular complexity index is 1190. The van der Waals surface area contributed by atoms with Crippen LogP contribution in [0.1, 0.15) is 63.8 Å². The second kappa shape index (κ2) is 9.49. The van der Waals surface area contributed by atoms with E-state index in [1.165, 1.54) is 32.1 Å². The van der Waals surface area contributed by atoms with Gasteiger partial charge in [-0.2, -0.15) is 4.98 Å². The largest absolute Gasteiger partial charge is 0.317 e. The van der Waals surface area contributed by atoms with Crippen LogP contribution in [0.5, 0.6) is 0 Å². The van der Waals surface area contributed by atoms with Gasteiger partial charge in [-0.15, -0.1) is 0 Å². The summed E-state index contributed by atoms with van der Waals surface area (Å²) in [7, 11) is 0. The topological polar surface area (TPSA) is 63.1 Å². The Morgan fingerprint density at radius 1 is 0.882 bits per heavy atom. The lowest BCUT2D eigenvalue weighted by molar-refractivity contribution is 0.133. The summed E-state index contributed by atoms with van der Waals surface area (Å²) in [6, 6.07) is 14.6. The maximum atomic E-state index is 13.2. The zero-order chi connectivity index (χ0) is 22.9. The Morgan fingerprint density at radius 2 is 1.68 bits per heavy atom. The molecule has 6 nitrogen and oxygen atoms in total. The lowest BCUT2D eigenvalue weighted by Gasteiger charge is -2.40. The molecule has 3 fully saturated rings. The molecule has 0 bridgehead atoms. The van der Waals surface area contributed by atoms with Crippen molar-refractivity contribution in [1.29, 1.82) is 0 Å². The normalized spacial score (nSPS) is 25.7. The third-order valence-corrected chi connectivity index (χ3v) is 8.46. The van der Waals surface area contributed by atoms with Gasteiger partial charge in [0.25, 0.3) is 5.56 Å². The first kappa shape index (κ1) is 21.8. The van der Waals surface area contributed by atoms with Crippen LogP contribution in [-0.2, 0) is 0 Å². The highest BCUT2D eigenvalue weighted by Crippen LogP contribution is 2.44. The van der Waals surface area contributed by atoms with Crippen LogP contribution in [0, 0.1) is 11.8 Å². The summed E-state index contributed by atoms with van der Waals surface area (Å²) in [5.74, 6) is 2.32. The van der Waals surface area contributed by atoms with Crippen molar-refractivity contribution < 1.29 is 0 Å². The van der Waals surface area contributed by atoms with Crippen molar-refractivity contribution in [2.75, 3.05) is 18.0 Å². The number of nitrogens with one attached hydrogen (secondary N) is 1. The van der Waals surface area contributed by atoms with Gasteiger partial charge >= 0.3 is 0 Å². The average Bonchev–Trinajstić information content (AvgIpc) is 2.90. The molecule has 2 aromatic heterocycles. The second-order valence-corrected chi connectivity index (χ2v) is 10.4. The standard InChI is InChI=1S/C28H35N5O/c34-26-13-11-22-19-30-28(32(23-8-2-1-3-9-23)24-14-16-29-17-15-24)31-27(22)33(26)25-12-10-20-6-4-5-7-21(20)18-25/h1-3,8-9,11,13,19-21,24-25,29H,4-7,10,12,14-18H2. The molecule has 1 aromatic carbocycles. The number of anilines is 2. The van der Waals surface area contributed by atoms with Gasteiger partial charge < -0.3 is 10.2 Å². The van der Waals surface area contributed by atoms with Crippen LogP contribution >= 0.6 is 0 Å². The molecule has 3 atom stereocenters. The predicted molar refractivity (Wildman–Crippen MR) is 137 cm³/mol. The smallest absolute Gasteiger partial charge is 0.252 e. The summed E-state index contributed by atoms with van der Waals surface area (Å²) in [6.45, 7) is 1.99. The number of piperidine rings is 1. The minimum absolute atomic E-state index is 0.0736. The van der Waals surface area contributed by atoms with Gasteiger partial charge in [-0.1, -0.05) is 43.9 Å². The summed E-state index contributed by atoms with van der Waals surface area (Å²) in [5, 5.41) is 4.42. The number of rotatable bonds is 4. The molecule has 3 aromatic rings. The van der Waals surface area contributed by atoms with Crippen LogP contribution in [0.25, 0.3) is 11.0 Å². The van der Waals surface area contributed by atoms with E-state index in [-0.39, 0.29) is 11.6 Å². The molecule has 0 spiro atoms. The quantitative estimate of drug-likeness (QED) is 0.582. The first-order valence-corrected chi connectivity index (χ1v) is 13.2. The second-order valence-electron chi connectivity index (χ2n) is 10.4. The maximum Gasteiger partial charge on any atom is 0.252 e. The fourth-order valence-corrected chi connectivity index (χ4v) is 6.72. The molecule has 2 aliphatic carbocycles. The molecular formula is C28H35N5O. The molecule has 3 unspecified atom stereocenters. The van der Waals surface area contributed by atoms with Crippen LogP contribution in [-0.4, -0.2) is 33.7 Å². The fraction of sp³-hybridized carbons (Fsp3) is 0.536. The van der Waals surface area contributed by atoms with Gasteiger partial charge in [0.05, 0.1) is 0 Å². The summed E-state index contributed by atoms with van der Waals surface area (Å²) >= 11 is 0. The first-order chi connectivity index (χ1) is 16.8. The van der Waals surface area contributed by atoms with Crippen LogP contribution in [0.15, 0.2) is 53.5 Å². The number of aromatic nitrogens is 3. The Kier molecular flexibility index (Phi) is 6.08. The Labute approximate surface area is 201 Å². The Hall–Kier alpha value is -2.73. The molecule has 0 radical (unpaired) electrons. The van der Waals surface area contributed by atoms with E-state index in [1.54, 1.807) is 6.07 Å². The average molecular weight is 458 g/mol. The highest BCUT2D eigenvalue weighted by molar-refractivity contribution is 5.76. The van der Waals surface area contributed by atoms with Gasteiger partial charge in [0.1, 0.15) is 5.65 Å². The number of hydrogen-bond donors (Lipinski definition) is 1. The molecule has 2 saturated carbocycles. The van der Waals surface area contributed by atoms with Crippen molar-refractivity contribution in [1.82, 2.24) is 19.9 Å². The number of para-hydroxylation sites is 1. The maximum absolute atomic E-state index is 13.2. The number of pyridine rings is 1. The summed E-state index contributed by atoms with van der Waals surface area (Å²) in [4.78, 5) is 25.5.